The Morgan fingerprint density at radius 3 is 2.14 bits per heavy atom. The fraction of sp³-hybridized carbons (Fsp3) is 0.192. The molecule has 0 aromatic heterocycles. The van der Waals surface area contributed by atoms with Gasteiger partial charge in [-0.1, -0.05) is 36.4 Å². The second kappa shape index (κ2) is 13.1. The van der Waals surface area contributed by atoms with Crippen LogP contribution in [0.5, 0.6) is 11.5 Å². The van der Waals surface area contributed by atoms with E-state index in [9.17, 15) is 14.4 Å². The number of hydrogen-bond acceptors (Lipinski definition) is 5. The molecule has 3 amide bonds. The minimum Gasteiger partial charge on any atom is -0.494 e. The molecule has 0 bridgehead atoms. The molecule has 0 saturated heterocycles. The largest absolute Gasteiger partial charge is 0.494 e. The Hall–Kier alpha value is -3.85. The minimum atomic E-state index is -0.531. The van der Waals surface area contributed by atoms with Crippen LogP contribution >= 0.6 is 15.9 Å². The maximum absolute atomic E-state index is 12.0. The molecule has 9 heteroatoms. The molecule has 0 saturated carbocycles. The van der Waals surface area contributed by atoms with Gasteiger partial charge in [0.2, 0.25) is 11.8 Å². The van der Waals surface area contributed by atoms with Gasteiger partial charge in [-0.25, -0.2) is 0 Å². The molecule has 0 spiro atoms. The highest BCUT2D eigenvalue weighted by molar-refractivity contribution is 9.10. The number of benzene rings is 3. The third-order valence-electron chi connectivity index (χ3n) is 4.77. The lowest BCUT2D eigenvalue weighted by atomic mass is 10.1. The van der Waals surface area contributed by atoms with Crippen molar-refractivity contribution in [3.63, 3.8) is 0 Å². The number of rotatable bonds is 10. The van der Waals surface area contributed by atoms with Crippen molar-refractivity contribution in [2.75, 3.05) is 18.5 Å². The average Bonchev–Trinajstić information content (AvgIpc) is 2.87. The van der Waals surface area contributed by atoms with Gasteiger partial charge in [-0.3, -0.25) is 25.2 Å². The molecule has 0 aliphatic heterocycles. The summed E-state index contributed by atoms with van der Waals surface area (Å²) in [7, 11) is 0. The Balaban J connectivity index is 1.35. The molecule has 3 aromatic rings. The van der Waals surface area contributed by atoms with Crippen molar-refractivity contribution in [3.8, 4) is 22.6 Å². The monoisotopic (exact) mass is 539 g/mol. The van der Waals surface area contributed by atoms with E-state index in [0.717, 1.165) is 11.1 Å². The smallest absolute Gasteiger partial charge is 0.276 e. The summed E-state index contributed by atoms with van der Waals surface area (Å²) in [6.07, 6.45) is -0.122. The molecule has 0 aliphatic rings. The maximum atomic E-state index is 12.0. The van der Waals surface area contributed by atoms with Gasteiger partial charge < -0.3 is 14.8 Å². The van der Waals surface area contributed by atoms with Gasteiger partial charge in [0.1, 0.15) is 11.5 Å². The van der Waals surface area contributed by atoms with Crippen LogP contribution in [0.25, 0.3) is 11.1 Å². The van der Waals surface area contributed by atoms with E-state index >= 15 is 0 Å². The Labute approximate surface area is 212 Å². The second-order valence-corrected chi connectivity index (χ2v) is 8.26. The normalized spacial score (nSPS) is 10.2. The topological polar surface area (TPSA) is 106 Å². The molecule has 0 heterocycles. The number of carbonyl (C=O) groups excluding carboxylic acids is 3. The molecule has 0 fully saturated rings. The zero-order chi connectivity index (χ0) is 25.0. The van der Waals surface area contributed by atoms with Crippen LogP contribution in [0.15, 0.2) is 77.3 Å². The van der Waals surface area contributed by atoms with Crippen molar-refractivity contribution in [1.29, 1.82) is 0 Å². The minimum absolute atomic E-state index is 0.0356. The first-order valence-corrected chi connectivity index (χ1v) is 11.8. The van der Waals surface area contributed by atoms with E-state index in [2.05, 4.69) is 32.1 Å². The van der Waals surface area contributed by atoms with Gasteiger partial charge in [-0.05, 0) is 70.4 Å². The first kappa shape index (κ1) is 25.8. The number of hydrogen-bond donors (Lipinski definition) is 3. The van der Waals surface area contributed by atoms with Crippen LogP contribution in [0.1, 0.15) is 19.8 Å². The summed E-state index contributed by atoms with van der Waals surface area (Å²) in [5.74, 6) is -0.133. The predicted molar refractivity (Wildman–Crippen MR) is 137 cm³/mol. The lowest BCUT2D eigenvalue weighted by Crippen LogP contribution is -2.44. The molecule has 3 aromatic carbocycles. The Kier molecular flexibility index (Phi) is 9.68. The summed E-state index contributed by atoms with van der Waals surface area (Å²) in [4.78, 5) is 36.0. The number of ether oxygens (including phenoxy) is 2. The molecular weight excluding hydrogens is 514 g/mol. The van der Waals surface area contributed by atoms with E-state index in [1.807, 2.05) is 49.4 Å². The van der Waals surface area contributed by atoms with Gasteiger partial charge in [-0.2, -0.15) is 0 Å². The zero-order valence-electron chi connectivity index (χ0n) is 19.2. The van der Waals surface area contributed by atoms with Gasteiger partial charge in [0, 0.05) is 18.5 Å². The van der Waals surface area contributed by atoms with Gasteiger partial charge >= 0.3 is 0 Å². The highest BCUT2D eigenvalue weighted by Crippen LogP contribution is 2.30. The molecule has 0 unspecified atom stereocenters. The van der Waals surface area contributed by atoms with Crippen LogP contribution in [0.4, 0.5) is 5.69 Å². The average molecular weight is 540 g/mol. The van der Waals surface area contributed by atoms with Gasteiger partial charge in [-0.15, -0.1) is 0 Å². The lowest BCUT2D eigenvalue weighted by Gasteiger charge is -2.11. The van der Waals surface area contributed by atoms with Gasteiger partial charge in [0.15, 0.2) is 6.61 Å². The summed E-state index contributed by atoms with van der Waals surface area (Å²) in [5, 5.41) is 2.70. The highest BCUT2D eigenvalue weighted by atomic mass is 79.9. The van der Waals surface area contributed by atoms with Crippen LogP contribution in [-0.2, 0) is 14.4 Å². The van der Waals surface area contributed by atoms with Crippen molar-refractivity contribution < 1.29 is 23.9 Å². The summed E-state index contributed by atoms with van der Waals surface area (Å²) in [5.41, 5.74) is 7.23. The van der Waals surface area contributed by atoms with Crippen molar-refractivity contribution in [2.45, 2.75) is 19.8 Å². The number of carbonyl (C=O) groups is 3. The van der Waals surface area contributed by atoms with Crippen LogP contribution in [-0.4, -0.2) is 30.9 Å². The fourth-order valence-electron chi connectivity index (χ4n) is 3.06. The number of halogens is 1. The Bertz CT molecular complexity index is 1150. The molecule has 0 aliphatic carbocycles. The van der Waals surface area contributed by atoms with Crippen LogP contribution in [0.3, 0.4) is 0 Å². The second-order valence-electron chi connectivity index (χ2n) is 7.40. The third-order valence-corrected chi connectivity index (χ3v) is 5.39. The fourth-order valence-corrected chi connectivity index (χ4v) is 3.55. The van der Waals surface area contributed by atoms with E-state index in [4.69, 9.17) is 9.47 Å². The van der Waals surface area contributed by atoms with Gasteiger partial charge in [0.05, 0.1) is 11.1 Å². The first-order chi connectivity index (χ1) is 16.9. The Morgan fingerprint density at radius 1 is 0.771 bits per heavy atom. The van der Waals surface area contributed by atoms with Crippen molar-refractivity contribution >= 4 is 39.3 Å². The summed E-state index contributed by atoms with van der Waals surface area (Å²) < 4.78 is 11.6. The van der Waals surface area contributed by atoms with Gasteiger partial charge in [0.25, 0.3) is 5.91 Å². The first-order valence-electron chi connectivity index (χ1n) is 11.0. The predicted octanol–water partition coefficient (Wildman–Crippen LogP) is 4.46. The summed E-state index contributed by atoms with van der Waals surface area (Å²) in [6, 6.07) is 22.4. The highest BCUT2D eigenvalue weighted by Gasteiger charge is 2.11. The van der Waals surface area contributed by atoms with E-state index in [0.29, 0.717) is 28.3 Å². The van der Waals surface area contributed by atoms with E-state index in [1.54, 1.807) is 30.3 Å². The molecule has 0 atom stereocenters. The third kappa shape index (κ3) is 8.46. The number of anilines is 1. The molecule has 0 radical (unpaired) electrons. The molecule has 35 heavy (non-hydrogen) atoms. The van der Waals surface area contributed by atoms with Crippen LogP contribution in [0, 0.1) is 0 Å². The van der Waals surface area contributed by atoms with E-state index in [-0.39, 0.29) is 25.4 Å². The molecule has 182 valence electrons. The van der Waals surface area contributed by atoms with Crippen LogP contribution in [0.2, 0.25) is 0 Å². The number of hydrazine groups is 1. The summed E-state index contributed by atoms with van der Waals surface area (Å²) >= 11 is 3.45. The van der Waals surface area contributed by atoms with Crippen molar-refractivity contribution in [3.05, 3.63) is 77.3 Å². The SMILES string of the molecule is CCOc1ccc(NC(=O)CCC(=O)NNC(=O)COc2ccc(-c3ccccc3)cc2Br)cc1. The number of amides is 3. The van der Waals surface area contributed by atoms with E-state index < -0.39 is 11.8 Å². The lowest BCUT2D eigenvalue weighted by molar-refractivity contribution is -0.130. The molecule has 3 rings (SSSR count). The molecule has 8 nitrogen and oxygen atoms in total. The quantitative estimate of drug-likeness (QED) is 0.330. The summed E-state index contributed by atoms with van der Waals surface area (Å²) in [6.45, 7) is 2.16. The molecule has 3 N–H and O–H groups in total. The van der Waals surface area contributed by atoms with E-state index in [1.165, 1.54) is 0 Å². The van der Waals surface area contributed by atoms with Crippen molar-refractivity contribution in [2.24, 2.45) is 0 Å². The number of nitrogens with one attached hydrogen (secondary N) is 3. The van der Waals surface area contributed by atoms with Crippen LogP contribution < -0.4 is 25.6 Å². The zero-order valence-corrected chi connectivity index (χ0v) is 20.8. The van der Waals surface area contributed by atoms with Crippen molar-refractivity contribution in [1.82, 2.24) is 10.9 Å². The Morgan fingerprint density at radius 2 is 1.46 bits per heavy atom. The maximum Gasteiger partial charge on any atom is 0.276 e. The molecular formula is C26H26BrN3O5. The standard InChI is InChI=1S/C26H26BrN3O5/c1-2-34-21-11-9-20(10-12-21)28-24(31)14-15-25(32)29-30-26(33)17-35-23-13-8-19(16-22(23)27)18-6-4-3-5-7-18/h3-13,16H,2,14-15,17H2,1H3,(H,28,31)(H,29,32)(H,30,33).